The van der Waals surface area contributed by atoms with Gasteiger partial charge in [-0.1, -0.05) is 41.4 Å². The maximum absolute atomic E-state index is 6.15. The van der Waals surface area contributed by atoms with E-state index in [-0.39, 0.29) is 0 Å². The SMILES string of the molecule is CCOc1cc(CN)ccc1OCc1cccc(Cl)c1Cl. The minimum atomic E-state index is 0.321. The van der Waals surface area contributed by atoms with E-state index >= 15 is 0 Å². The van der Waals surface area contributed by atoms with Gasteiger partial charge in [-0.25, -0.2) is 0 Å². The van der Waals surface area contributed by atoms with Crippen molar-refractivity contribution in [2.45, 2.75) is 20.1 Å². The van der Waals surface area contributed by atoms with E-state index < -0.39 is 0 Å². The Morgan fingerprint density at radius 3 is 2.57 bits per heavy atom. The van der Waals surface area contributed by atoms with Gasteiger partial charge < -0.3 is 15.2 Å². The summed E-state index contributed by atoms with van der Waals surface area (Å²) in [6.45, 7) is 3.26. The molecule has 112 valence electrons. The van der Waals surface area contributed by atoms with E-state index in [4.69, 9.17) is 38.4 Å². The van der Waals surface area contributed by atoms with Crippen molar-refractivity contribution in [1.82, 2.24) is 0 Å². The summed E-state index contributed by atoms with van der Waals surface area (Å²) >= 11 is 12.1. The molecule has 0 saturated heterocycles. The maximum Gasteiger partial charge on any atom is 0.161 e. The highest BCUT2D eigenvalue weighted by atomic mass is 35.5. The molecular weight excluding hydrogens is 309 g/mol. The molecule has 0 heterocycles. The summed E-state index contributed by atoms with van der Waals surface area (Å²) in [6.07, 6.45) is 0. The van der Waals surface area contributed by atoms with Crippen LogP contribution in [0, 0.1) is 0 Å². The summed E-state index contributed by atoms with van der Waals surface area (Å²) in [5.74, 6) is 1.34. The van der Waals surface area contributed by atoms with Gasteiger partial charge in [0, 0.05) is 12.1 Å². The number of hydrogen-bond donors (Lipinski definition) is 1. The van der Waals surface area contributed by atoms with E-state index in [1.807, 2.05) is 37.3 Å². The van der Waals surface area contributed by atoms with E-state index in [0.29, 0.717) is 41.3 Å². The molecule has 0 bridgehead atoms. The first-order valence-electron chi connectivity index (χ1n) is 6.67. The van der Waals surface area contributed by atoms with Crippen molar-refractivity contribution in [2.75, 3.05) is 6.61 Å². The zero-order chi connectivity index (χ0) is 15.2. The number of nitrogens with two attached hydrogens (primary N) is 1. The van der Waals surface area contributed by atoms with Crippen molar-refractivity contribution in [3.63, 3.8) is 0 Å². The summed E-state index contributed by atoms with van der Waals surface area (Å²) in [6, 6.07) is 11.1. The van der Waals surface area contributed by atoms with E-state index in [0.717, 1.165) is 11.1 Å². The summed E-state index contributed by atoms with van der Waals surface area (Å²) in [5.41, 5.74) is 7.46. The first-order valence-corrected chi connectivity index (χ1v) is 7.42. The Hall–Kier alpha value is -1.42. The molecule has 2 N–H and O–H groups in total. The van der Waals surface area contributed by atoms with Crippen LogP contribution in [0.3, 0.4) is 0 Å². The Labute approximate surface area is 134 Å². The Balaban J connectivity index is 2.17. The highest BCUT2D eigenvalue weighted by Gasteiger charge is 2.09. The van der Waals surface area contributed by atoms with E-state index in [9.17, 15) is 0 Å². The molecule has 0 aromatic heterocycles. The molecular formula is C16H17Cl2NO2. The Morgan fingerprint density at radius 2 is 1.86 bits per heavy atom. The molecule has 2 aromatic rings. The average molecular weight is 326 g/mol. The predicted octanol–water partition coefficient (Wildman–Crippen LogP) is 4.43. The van der Waals surface area contributed by atoms with E-state index in [1.54, 1.807) is 6.07 Å². The van der Waals surface area contributed by atoms with Gasteiger partial charge in [-0.05, 0) is 30.7 Å². The molecule has 0 saturated carbocycles. The van der Waals surface area contributed by atoms with Gasteiger partial charge in [0.1, 0.15) is 6.61 Å². The number of benzene rings is 2. The molecule has 0 aliphatic heterocycles. The molecule has 2 rings (SSSR count). The molecule has 21 heavy (non-hydrogen) atoms. The molecule has 0 radical (unpaired) electrons. The molecule has 5 heteroatoms. The lowest BCUT2D eigenvalue weighted by molar-refractivity contribution is 0.269. The van der Waals surface area contributed by atoms with Crippen molar-refractivity contribution in [2.24, 2.45) is 5.73 Å². The topological polar surface area (TPSA) is 44.5 Å². The second-order valence-electron chi connectivity index (χ2n) is 4.42. The van der Waals surface area contributed by atoms with E-state index in [1.165, 1.54) is 0 Å². The van der Waals surface area contributed by atoms with Gasteiger partial charge >= 0.3 is 0 Å². The minimum Gasteiger partial charge on any atom is -0.490 e. The number of hydrogen-bond acceptors (Lipinski definition) is 3. The third kappa shape index (κ3) is 4.03. The second kappa shape index (κ2) is 7.55. The van der Waals surface area contributed by atoms with Crippen LogP contribution in [0.2, 0.25) is 10.0 Å². The summed E-state index contributed by atoms with van der Waals surface area (Å²) < 4.78 is 11.4. The van der Waals surface area contributed by atoms with Gasteiger partial charge in [0.15, 0.2) is 11.5 Å². The highest BCUT2D eigenvalue weighted by Crippen LogP contribution is 2.31. The van der Waals surface area contributed by atoms with Crippen molar-refractivity contribution in [1.29, 1.82) is 0 Å². The van der Waals surface area contributed by atoms with Crippen molar-refractivity contribution in [3.05, 3.63) is 57.6 Å². The fraction of sp³-hybridized carbons (Fsp3) is 0.250. The second-order valence-corrected chi connectivity index (χ2v) is 5.21. The summed E-state index contributed by atoms with van der Waals surface area (Å²) in [7, 11) is 0. The third-order valence-electron chi connectivity index (χ3n) is 2.96. The quantitative estimate of drug-likeness (QED) is 0.854. The normalized spacial score (nSPS) is 10.5. The van der Waals surface area contributed by atoms with Crippen molar-refractivity contribution >= 4 is 23.2 Å². The Kier molecular flexibility index (Phi) is 5.74. The fourth-order valence-electron chi connectivity index (χ4n) is 1.88. The number of rotatable bonds is 6. The molecule has 3 nitrogen and oxygen atoms in total. The minimum absolute atomic E-state index is 0.321. The standard InChI is InChI=1S/C16H17Cl2NO2/c1-2-20-15-8-11(9-19)6-7-14(15)21-10-12-4-3-5-13(17)16(12)18/h3-8H,2,9-10,19H2,1H3. The molecule has 0 amide bonds. The van der Waals surface area contributed by atoms with Crippen LogP contribution in [0.15, 0.2) is 36.4 Å². The van der Waals surface area contributed by atoms with Crippen molar-refractivity contribution < 1.29 is 9.47 Å². The number of ether oxygens (including phenoxy) is 2. The molecule has 2 aromatic carbocycles. The highest BCUT2D eigenvalue weighted by molar-refractivity contribution is 6.42. The largest absolute Gasteiger partial charge is 0.490 e. The third-order valence-corrected chi connectivity index (χ3v) is 3.82. The van der Waals surface area contributed by atoms with Crippen LogP contribution in [-0.2, 0) is 13.2 Å². The van der Waals surface area contributed by atoms with Gasteiger partial charge in [-0.3, -0.25) is 0 Å². The molecule has 0 atom stereocenters. The maximum atomic E-state index is 6.15. The van der Waals surface area contributed by atoms with Crippen molar-refractivity contribution in [3.8, 4) is 11.5 Å². The molecule has 0 unspecified atom stereocenters. The summed E-state index contributed by atoms with van der Waals surface area (Å²) in [4.78, 5) is 0. The Bertz CT molecular complexity index is 617. The van der Waals surface area contributed by atoms with Crippen LogP contribution < -0.4 is 15.2 Å². The van der Waals surface area contributed by atoms with Crippen LogP contribution >= 0.6 is 23.2 Å². The van der Waals surface area contributed by atoms with E-state index in [2.05, 4.69) is 0 Å². The smallest absolute Gasteiger partial charge is 0.161 e. The average Bonchev–Trinajstić information content (AvgIpc) is 2.50. The lowest BCUT2D eigenvalue weighted by Gasteiger charge is -2.14. The predicted molar refractivity (Wildman–Crippen MR) is 86.3 cm³/mol. The Morgan fingerprint density at radius 1 is 1.05 bits per heavy atom. The number of halogens is 2. The molecule has 0 aliphatic carbocycles. The molecule has 0 fully saturated rings. The lowest BCUT2D eigenvalue weighted by atomic mass is 10.2. The first kappa shape index (κ1) is 16.0. The zero-order valence-electron chi connectivity index (χ0n) is 11.7. The van der Waals surface area contributed by atoms with Gasteiger partial charge in [-0.2, -0.15) is 0 Å². The lowest BCUT2D eigenvalue weighted by Crippen LogP contribution is -2.02. The van der Waals surface area contributed by atoms with Gasteiger partial charge in [0.2, 0.25) is 0 Å². The van der Waals surface area contributed by atoms with Gasteiger partial charge in [0.25, 0.3) is 0 Å². The molecule has 0 spiro atoms. The van der Waals surface area contributed by atoms with Crippen LogP contribution in [0.4, 0.5) is 0 Å². The van der Waals surface area contributed by atoms with Crippen LogP contribution in [0.25, 0.3) is 0 Å². The molecule has 0 aliphatic rings. The zero-order valence-corrected chi connectivity index (χ0v) is 13.2. The van der Waals surface area contributed by atoms with Crippen LogP contribution in [0.1, 0.15) is 18.1 Å². The van der Waals surface area contributed by atoms with Crippen LogP contribution in [0.5, 0.6) is 11.5 Å². The van der Waals surface area contributed by atoms with Crippen LogP contribution in [-0.4, -0.2) is 6.61 Å². The summed E-state index contributed by atoms with van der Waals surface area (Å²) in [5, 5.41) is 1.02. The van der Waals surface area contributed by atoms with Gasteiger partial charge in [-0.15, -0.1) is 0 Å². The van der Waals surface area contributed by atoms with Gasteiger partial charge in [0.05, 0.1) is 16.7 Å². The first-order chi connectivity index (χ1) is 10.2. The monoisotopic (exact) mass is 325 g/mol. The fourth-order valence-corrected chi connectivity index (χ4v) is 2.26.